The Morgan fingerprint density at radius 1 is 1.27 bits per heavy atom. The summed E-state index contributed by atoms with van der Waals surface area (Å²) in [4.78, 5) is 26.8. The fraction of sp³-hybridized carbons (Fsp3) is 0.300. The second-order valence-electron chi connectivity index (χ2n) is 6.30. The summed E-state index contributed by atoms with van der Waals surface area (Å²) in [5, 5.41) is 10.4. The lowest BCUT2D eigenvalue weighted by Crippen LogP contribution is -2.31. The SMILES string of the molecule is CCOc1ccc(N2C(=O)C(O)=C(C(=O)C(C)C)C2c2ccco2)cc1. The van der Waals surface area contributed by atoms with Crippen LogP contribution in [-0.2, 0) is 9.59 Å². The van der Waals surface area contributed by atoms with E-state index in [1.54, 1.807) is 50.2 Å². The van der Waals surface area contributed by atoms with Crippen molar-refractivity contribution in [3.8, 4) is 5.75 Å². The Hall–Kier alpha value is -3.02. The number of hydrogen-bond donors (Lipinski definition) is 1. The summed E-state index contributed by atoms with van der Waals surface area (Å²) < 4.78 is 10.9. The van der Waals surface area contributed by atoms with Crippen LogP contribution in [0.1, 0.15) is 32.6 Å². The summed E-state index contributed by atoms with van der Waals surface area (Å²) in [6, 6.07) is 9.48. The molecular formula is C20H21NO5. The van der Waals surface area contributed by atoms with E-state index in [1.807, 2.05) is 6.92 Å². The van der Waals surface area contributed by atoms with Crippen LogP contribution in [0.3, 0.4) is 0 Å². The van der Waals surface area contributed by atoms with Gasteiger partial charge in [-0.1, -0.05) is 13.8 Å². The van der Waals surface area contributed by atoms with Crippen LogP contribution in [0.15, 0.2) is 58.4 Å². The van der Waals surface area contributed by atoms with Gasteiger partial charge in [0.2, 0.25) is 0 Å². The molecule has 1 unspecified atom stereocenters. The Bertz CT molecular complexity index is 834. The van der Waals surface area contributed by atoms with Crippen LogP contribution in [-0.4, -0.2) is 23.4 Å². The van der Waals surface area contributed by atoms with Crippen molar-refractivity contribution >= 4 is 17.4 Å². The molecule has 1 N–H and O–H groups in total. The van der Waals surface area contributed by atoms with Gasteiger partial charge in [-0.25, -0.2) is 0 Å². The molecule has 1 atom stereocenters. The summed E-state index contributed by atoms with van der Waals surface area (Å²) in [7, 11) is 0. The molecule has 3 rings (SSSR count). The second-order valence-corrected chi connectivity index (χ2v) is 6.30. The molecule has 0 bridgehead atoms. The van der Waals surface area contributed by atoms with Gasteiger partial charge in [0, 0.05) is 11.6 Å². The van der Waals surface area contributed by atoms with E-state index in [2.05, 4.69) is 0 Å². The van der Waals surface area contributed by atoms with Crippen LogP contribution >= 0.6 is 0 Å². The Balaban J connectivity index is 2.07. The first-order chi connectivity index (χ1) is 12.5. The molecule has 0 saturated carbocycles. The molecule has 1 aliphatic heterocycles. The Morgan fingerprint density at radius 3 is 2.50 bits per heavy atom. The summed E-state index contributed by atoms with van der Waals surface area (Å²) >= 11 is 0. The molecule has 6 nitrogen and oxygen atoms in total. The third kappa shape index (κ3) is 2.98. The molecule has 6 heteroatoms. The molecule has 1 aromatic carbocycles. The number of furan rings is 1. The summed E-state index contributed by atoms with van der Waals surface area (Å²) in [5.41, 5.74) is 0.604. The maximum atomic E-state index is 12.8. The Kier molecular flexibility index (Phi) is 4.84. The smallest absolute Gasteiger partial charge is 0.294 e. The van der Waals surface area contributed by atoms with Crippen LogP contribution in [0.4, 0.5) is 5.69 Å². The van der Waals surface area contributed by atoms with Gasteiger partial charge in [-0.15, -0.1) is 0 Å². The number of Topliss-reactive ketones (excluding diaryl/α,β-unsaturated/α-hetero) is 1. The standard InChI is InChI=1S/C20H21NO5/c1-4-25-14-9-7-13(8-10-14)21-17(15-6-5-11-26-15)16(18(22)12(2)3)19(23)20(21)24/h5-12,17,23H,4H2,1-3H3. The van der Waals surface area contributed by atoms with Crippen LogP contribution in [0.25, 0.3) is 0 Å². The first-order valence-electron chi connectivity index (χ1n) is 8.52. The lowest BCUT2D eigenvalue weighted by molar-refractivity contribution is -0.119. The van der Waals surface area contributed by atoms with Gasteiger partial charge in [-0.2, -0.15) is 0 Å². The lowest BCUT2D eigenvalue weighted by atomic mass is 9.94. The number of amides is 1. The lowest BCUT2D eigenvalue weighted by Gasteiger charge is -2.25. The van der Waals surface area contributed by atoms with E-state index in [4.69, 9.17) is 9.15 Å². The molecule has 0 radical (unpaired) electrons. The van der Waals surface area contributed by atoms with Crippen LogP contribution < -0.4 is 9.64 Å². The molecule has 136 valence electrons. The van der Waals surface area contributed by atoms with E-state index in [-0.39, 0.29) is 17.3 Å². The predicted molar refractivity (Wildman–Crippen MR) is 96.0 cm³/mol. The van der Waals surface area contributed by atoms with Gasteiger partial charge in [0.1, 0.15) is 17.6 Å². The van der Waals surface area contributed by atoms with E-state index in [1.165, 1.54) is 11.2 Å². The third-order valence-electron chi connectivity index (χ3n) is 4.24. The van der Waals surface area contributed by atoms with Crippen molar-refractivity contribution in [1.82, 2.24) is 0 Å². The molecule has 0 aliphatic carbocycles. The number of rotatable bonds is 6. The third-order valence-corrected chi connectivity index (χ3v) is 4.24. The zero-order valence-electron chi connectivity index (χ0n) is 14.9. The number of hydrogen-bond acceptors (Lipinski definition) is 5. The number of nitrogens with zero attached hydrogens (tertiary/aromatic N) is 1. The number of ketones is 1. The van der Waals surface area contributed by atoms with Crippen LogP contribution in [0, 0.1) is 5.92 Å². The van der Waals surface area contributed by atoms with Crippen LogP contribution in [0.2, 0.25) is 0 Å². The first kappa shape index (κ1) is 17.8. The molecule has 0 spiro atoms. The van der Waals surface area contributed by atoms with Gasteiger partial charge in [0.25, 0.3) is 5.91 Å². The molecule has 2 aromatic rings. The molecular weight excluding hydrogens is 334 g/mol. The monoisotopic (exact) mass is 355 g/mol. The zero-order valence-corrected chi connectivity index (χ0v) is 14.9. The van der Waals surface area contributed by atoms with E-state index >= 15 is 0 Å². The van der Waals surface area contributed by atoms with Gasteiger partial charge in [0.15, 0.2) is 11.5 Å². The van der Waals surface area contributed by atoms with Crippen molar-refractivity contribution in [1.29, 1.82) is 0 Å². The number of anilines is 1. The van der Waals surface area contributed by atoms with Gasteiger partial charge in [-0.3, -0.25) is 14.5 Å². The predicted octanol–water partition coefficient (Wildman–Crippen LogP) is 3.80. The average molecular weight is 355 g/mol. The highest BCUT2D eigenvalue weighted by molar-refractivity contribution is 6.16. The highest BCUT2D eigenvalue weighted by Crippen LogP contribution is 2.42. The number of ether oxygens (including phenoxy) is 1. The number of carbonyl (C=O) groups excluding carboxylic acids is 2. The van der Waals surface area contributed by atoms with Crippen LogP contribution in [0.5, 0.6) is 5.75 Å². The molecule has 0 saturated heterocycles. The molecule has 0 fully saturated rings. The van der Waals surface area contributed by atoms with Crippen molar-refractivity contribution in [3.05, 3.63) is 59.8 Å². The fourth-order valence-corrected chi connectivity index (χ4v) is 3.02. The van der Waals surface area contributed by atoms with Gasteiger partial charge in [-0.05, 0) is 43.3 Å². The quantitative estimate of drug-likeness (QED) is 0.852. The second kappa shape index (κ2) is 7.07. The maximum absolute atomic E-state index is 12.8. The fourth-order valence-electron chi connectivity index (χ4n) is 3.02. The molecule has 1 aliphatic rings. The molecule has 1 aromatic heterocycles. The van der Waals surface area contributed by atoms with E-state index in [0.29, 0.717) is 23.8 Å². The largest absolute Gasteiger partial charge is 0.503 e. The number of aliphatic hydroxyl groups excluding tert-OH is 1. The Labute approximate surface area is 151 Å². The average Bonchev–Trinajstić information content (AvgIpc) is 3.23. The van der Waals surface area contributed by atoms with Crippen molar-refractivity contribution in [2.45, 2.75) is 26.8 Å². The van der Waals surface area contributed by atoms with E-state index in [0.717, 1.165) is 0 Å². The zero-order chi connectivity index (χ0) is 18.8. The van der Waals surface area contributed by atoms with E-state index in [9.17, 15) is 14.7 Å². The number of benzene rings is 1. The number of aliphatic hydroxyl groups is 1. The molecule has 1 amide bonds. The molecule has 26 heavy (non-hydrogen) atoms. The summed E-state index contributed by atoms with van der Waals surface area (Å²) in [6.45, 7) is 5.88. The van der Waals surface area contributed by atoms with Gasteiger partial charge >= 0.3 is 0 Å². The van der Waals surface area contributed by atoms with Gasteiger partial charge < -0.3 is 14.3 Å². The Morgan fingerprint density at radius 2 is 1.96 bits per heavy atom. The number of carbonyl (C=O) groups is 2. The van der Waals surface area contributed by atoms with Crippen molar-refractivity contribution in [3.63, 3.8) is 0 Å². The van der Waals surface area contributed by atoms with Crippen molar-refractivity contribution in [2.24, 2.45) is 5.92 Å². The highest BCUT2D eigenvalue weighted by Gasteiger charge is 2.46. The summed E-state index contributed by atoms with van der Waals surface area (Å²) in [5.74, 6) is -0.713. The van der Waals surface area contributed by atoms with Crippen molar-refractivity contribution in [2.75, 3.05) is 11.5 Å². The molecule has 2 heterocycles. The first-order valence-corrected chi connectivity index (χ1v) is 8.52. The van der Waals surface area contributed by atoms with E-state index < -0.39 is 17.7 Å². The minimum absolute atomic E-state index is 0.0637. The topological polar surface area (TPSA) is 80.0 Å². The maximum Gasteiger partial charge on any atom is 0.294 e. The minimum atomic E-state index is -0.801. The highest BCUT2D eigenvalue weighted by atomic mass is 16.5. The van der Waals surface area contributed by atoms with Gasteiger partial charge in [0.05, 0.1) is 18.4 Å². The van der Waals surface area contributed by atoms with Crippen molar-refractivity contribution < 1.29 is 23.8 Å². The summed E-state index contributed by atoms with van der Waals surface area (Å²) in [6.07, 6.45) is 1.48. The minimum Gasteiger partial charge on any atom is -0.503 e. The normalized spacial score (nSPS) is 17.3.